The topological polar surface area (TPSA) is 92.3 Å². The summed E-state index contributed by atoms with van der Waals surface area (Å²) in [6.45, 7) is -0.587. The Kier molecular flexibility index (Phi) is 2.86. The zero-order valence-electron chi connectivity index (χ0n) is 6.28. The van der Waals surface area contributed by atoms with Crippen molar-refractivity contribution in [2.24, 2.45) is 0 Å². The van der Waals surface area contributed by atoms with Gasteiger partial charge in [-0.3, -0.25) is 4.79 Å². The van der Waals surface area contributed by atoms with Crippen LogP contribution in [0, 0.1) is 0 Å². The number of rotatable bonds is 3. The van der Waals surface area contributed by atoms with Gasteiger partial charge in [0.15, 0.2) is 11.6 Å². The summed E-state index contributed by atoms with van der Waals surface area (Å²) in [7, 11) is 0. The van der Waals surface area contributed by atoms with E-state index in [1.54, 1.807) is 0 Å². The number of nitrogens with one attached hydrogen (secondary N) is 1. The van der Waals surface area contributed by atoms with Crippen molar-refractivity contribution in [3.63, 3.8) is 0 Å². The molecular weight excluding hydrogens is 200 g/mol. The molecule has 0 aliphatic carbocycles. The minimum atomic E-state index is -1.17. The van der Waals surface area contributed by atoms with Crippen molar-refractivity contribution in [3.8, 4) is 5.88 Å². The van der Waals surface area contributed by atoms with Crippen molar-refractivity contribution in [1.82, 2.24) is 9.97 Å². The van der Waals surface area contributed by atoms with Crippen LogP contribution in [0.25, 0.3) is 0 Å². The highest BCUT2D eigenvalue weighted by molar-refractivity contribution is 6.31. The highest BCUT2D eigenvalue weighted by atomic mass is 35.5. The molecule has 7 heteroatoms. The fourth-order valence-corrected chi connectivity index (χ4v) is 0.755. The normalized spacial score (nSPS) is 9.62. The van der Waals surface area contributed by atoms with E-state index < -0.39 is 18.1 Å². The van der Waals surface area contributed by atoms with Crippen LogP contribution in [0.15, 0.2) is 11.1 Å². The Morgan fingerprint density at radius 2 is 2.46 bits per heavy atom. The maximum Gasteiger partial charge on any atom is 0.341 e. The van der Waals surface area contributed by atoms with Gasteiger partial charge in [0.05, 0.1) is 6.33 Å². The molecule has 0 atom stereocenters. The van der Waals surface area contributed by atoms with E-state index in [-0.39, 0.29) is 10.9 Å². The second-order valence-electron chi connectivity index (χ2n) is 2.03. The number of nitrogens with zero attached hydrogens (tertiary/aromatic N) is 1. The molecule has 0 unspecified atom stereocenters. The Morgan fingerprint density at radius 3 is 3.08 bits per heavy atom. The van der Waals surface area contributed by atoms with Gasteiger partial charge in [-0.05, 0) is 0 Å². The number of H-pyrrole nitrogens is 1. The number of aromatic nitrogens is 2. The molecule has 0 amide bonds. The molecule has 1 heterocycles. The number of carbonyl (C=O) groups is 1. The van der Waals surface area contributed by atoms with Crippen molar-refractivity contribution in [2.45, 2.75) is 0 Å². The van der Waals surface area contributed by atoms with Gasteiger partial charge < -0.3 is 14.8 Å². The quantitative estimate of drug-likeness (QED) is 0.717. The summed E-state index contributed by atoms with van der Waals surface area (Å²) in [6.07, 6.45) is 1.07. The SMILES string of the molecule is O=C(O)COc1nc[nH]c(=O)c1Cl. The molecule has 1 aromatic heterocycles. The summed E-state index contributed by atoms with van der Waals surface area (Å²) in [4.78, 5) is 26.7. The molecule has 70 valence electrons. The van der Waals surface area contributed by atoms with Gasteiger partial charge in [-0.15, -0.1) is 0 Å². The Balaban J connectivity index is 2.83. The Morgan fingerprint density at radius 1 is 1.77 bits per heavy atom. The molecule has 6 nitrogen and oxygen atoms in total. The maximum atomic E-state index is 10.8. The van der Waals surface area contributed by atoms with E-state index in [2.05, 4.69) is 14.7 Å². The number of carboxylic acids is 1. The van der Waals surface area contributed by atoms with Crippen molar-refractivity contribution in [1.29, 1.82) is 0 Å². The maximum absolute atomic E-state index is 10.8. The molecule has 0 bridgehead atoms. The van der Waals surface area contributed by atoms with Crippen LogP contribution in [0.4, 0.5) is 0 Å². The van der Waals surface area contributed by atoms with E-state index >= 15 is 0 Å². The van der Waals surface area contributed by atoms with Crippen molar-refractivity contribution in [3.05, 3.63) is 21.7 Å². The number of ether oxygens (including phenoxy) is 1. The predicted octanol–water partition coefficient (Wildman–Crippen LogP) is -0.113. The minimum Gasteiger partial charge on any atom is -0.479 e. The molecular formula is C6H5ClN2O4. The van der Waals surface area contributed by atoms with Gasteiger partial charge in [-0.25, -0.2) is 9.78 Å². The van der Waals surface area contributed by atoms with Crippen molar-refractivity contribution in [2.75, 3.05) is 6.61 Å². The number of hydrogen-bond acceptors (Lipinski definition) is 4. The highest BCUT2D eigenvalue weighted by Gasteiger charge is 2.08. The lowest BCUT2D eigenvalue weighted by atomic mass is 10.6. The third kappa shape index (κ3) is 2.45. The first-order valence-corrected chi connectivity index (χ1v) is 3.57. The number of aromatic amines is 1. The third-order valence-corrected chi connectivity index (χ3v) is 1.43. The van der Waals surface area contributed by atoms with Gasteiger partial charge in [-0.1, -0.05) is 11.6 Å². The van der Waals surface area contributed by atoms with E-state index in [0.29, 0.717) is 0 Å². The van der Waals surface area contributed by atoms with E-state index in [9.17, 15) is 9.59 Å². The zero-order valence-corrected chi connectivity index (χ0v) is 7.04. The second kappa shape index (κ2) is 3.90. The second-order valence-corrected chi connectivity index (χ2v) is 2.41. The number of aliphatic carboxylic acids is 1. The Labute approximate surface area is 77.1 Å². The van der Waals surface area contributed by atoms with E-state index in [0.717, 1.165) is 6.33 Å². The molecule has 0 aromatic carbocycles. The van der Waals surface area contributed by atoms with Crippen molar-refractivity contribution >= 4 is 17.6 Å². The van der Waals surface area contributed by atoms with Crippen LogP contribution in [0.3, 0.4) is 0 Å². The summed E-state index contributed by atoms with van der Waals surface area (Å²) in [5.41, 5.74) is -0.572. The number of carboxylic acid groups (broad SMARTS) is 1. The van der Waals surface area contributed by atoms with Gasteiger partial charge in [0, 0.05) is 0 Å². The van der Waals surface area contributed by atoms with Crippen LogP contribution >= 0.6 is 11.6 Å². The monoisotopic (exact) mass is 204 g/mol. The van der Waals surface area contributed by atoms with Crippen LogP contribution in [-0.4, -0.2) is 27.7 Å². The molecule has 0 saturated heterocycles. The van der Waals surface area contributed by atoms with E-state index in [1.165, 1.54) is 0 Å². The van der Waals surface area contributed by atoms with Gasteiger partial charge >= 0.3 is 5.97 Å². The summed E-state index contributed by atoms with van der Waals surface area (Å²) >= 11 is 5.45. The molecule has 2 N–H and O–H groups in total. The lowest BCUT2D eigenvalue weighted by Gasteiger charge is -2.01. The molecule has 1 rings (SSSR count). The molecule has 0 spiro atoms. The smallest absolute Gasteiger partial charge is 0.341 e. The highest BCUT2D eigenvalue weighted by Crippen LogP contribution is 2.14. The molecule has 0 radical (unpaired) electrons. The predicted molar refractivity (Wildman–Crippen MR) is 43.0 cm³/mol. The minimum absolute atomic E-state index is 0.187. The molecule has 0 aliphatic rings. The lowest BCUT2D eigenvalue weighted by Crippen LogP contribution is -2.14. The molecule has 13 heavy (non-hydrogen) atoms. The fourth-order valence-electron chi connectivity index (χ4n) is 0.597. The first kappa shape index (κ1) is 9.53. The summed E-state index contributed by atoms with van der Waals surface area (Å²) in [6, 6.07) is 0. The first-order chi connectivity index (χ1) is 6.11. The number of halogens is 1. The standard InChI is InChI=1S/C6H5ClN2O4/c7-4-5(12)8-2-9-6(4)13-1-3(10)11/h2H,1H2,(H,10,11)(H,8,9,12). The Hall–Kier alpha value is -1.56. The summed E-state index contributed by atoms with van der Waals surface area (Å²) in [5.74, 6) is -1.36. The fraction of sp³-hybridized carbons (Fsp3) is 0.167. The van der Waals surface area contributed by atoms with Gasteiger partial charge in [0.25, 0.3) is 5.56 Å². The lowest BCUT2D eigenvalue weighted by molar-refractivity contribution is -0.139. The first-order valence-electron chi connectivity index (χ1n) is 3.19. The van der Waals surface area contributed by atoms with Gasteiger partial charge in [-0.2, -0.15) is 0 Å². The average Bonchev–Trinajstić information content (AvgIpc) is 2.07. The summed E-state index contributed by atoms with van der Waals surface area (Å²) in [5, 5.41) is 7.99. The van der Waals surface area contributed by atoms with Crippen LogP contribution in [0.5, 0.6) is 5.88 Å². The van der Waals surface area contributed by atoms with Crippen LogP contribution < -0.4 is 10.3 Å². The van der Waals surface area contributed by atoms with Gasteiger partial charge in [0.2, 0.25) is 5.88 Å². The molecule has 0 aliphatic heterocycles. The van der Waals surface area contributed by atoms with Crippen LogP contribution in [0.1, 0.15) is 0 Å². The van der Waals surface area contributed by atoms with Crippen LogP contribution in [0.2, 0.25) is 5.02 Å². The van der Waals surface area contributed by atoms with Crippen LogP contribution in [-0.2, 0) is 4.79 Å². The molecule has 1 aromatic rings. The zero-order chi connectivity index (χ0) is 9.84. The molecule has 0 saturated carbocycles. The third-order valence-electron chi connectivity index (χ3n) is 1.10. The molecule has 0 fully saturated rings. The summed E-state index contributed by atoms with van der Waals surface area (Å²) < 4.78 is 4.62. The van der Waals surface area contributed by atoms with Crippen molar-refractivity contribution < 1.29 is 14.6 Å². The average molecular weight is 205 g/mol. The largest absolute Gasteiger partial charge is 0.479 e. The number of hydrogen-bond donors (Lipinski definition) is 2. The Bertz CT molecular complexity index is 375. The van der Waals surface area contributed by atoms with Gasteiger partial charge in [0.1, 0.15) is 0 Å². The van der Waals surface area contributed by atoms with E-state index in [1.807, 2.05) is 0 Å². The van der Waals surface area contributed by atoms with E-state index in [4.69, 9.17) is 16.7 Å².